The molecule has 0 bridgehead atoms. The third kappa shape index (κ3) is 5.22. The van der Waals surface area contributed by atoms with Crippen molar-refractivity contribution in [2.24, 2.45) is 0 Å². The molecule has 1 unspecified atom stereocenters. The van der Waals surface area contributed by atoms with Crippen molar-refractivity contribution in [3.63, 3.8) is 0 Å². The van der Waals surface area contributed by atoms with Crippen LogP contribution in [-0.4, -0.2) is 23.7 Å². The van der Waals surface area contributed by atoms with Crippen LogP contribution in [0.4, 0.5) is 0 Å². The van der Waals surface area contributed by atoms with Crippen LogP contribution in [0.5, 0.6) is 11.5 Å². The fraction of sp³-hybridized carbons (Fsp3) is 0.263. The second kappa shape index (κ2) is 9.05. The van der Waals surface area contributed by atoms with Crippen molar-refractivity contribution in [1.29, 1.82) is 0 Å². The van der Waals surface area contributed by atoms with Gasteiger partial charge in [-0.15, -0.1) is 0 Å². The van der Waals surface area contributed by atoms with Crippen molar-refractivity contribution >= 4 is 39.5 Å². The van der Waals surface area contributed by atoms with Gasteiger partial charge in [-0.2, -0.15) is 0 Å². The Labute approximate surface area is 165 Å². The molecule has 1 N–H and O–H groups in total. The lowest BCUT2D eigenvalue weighted by atomic mass is 9.99. The lowest BCUT2D eigenvalue weighted by Gasteiger charge is -2.13. The van der Waals surface area contributed by atoms with Gasteiger partial charge in [0.1, 0.15) is 17.1 Å². The van der Waals surface area contributed by atoms with Crippen LogP contribution < -0.4 is 9.47 Å². The van der Waals surface area contributed by atoms with Gasteiger partial charge in [0.15, 0.2) is 6.61 Å². The fourth-order valence-electron chi connectivity index (χ4n) is 2.22. The number of hydrogen-bond donors (Lipinski definition) is 1. The minimum Gasteiger partial charge on any atom is -0.481 e. The summed E-state index contributed by atoms with van der Waals surface area (Å²) in [5.41, 5.74) is 0.978. The molecule has 0 heterocycles. The van der Waals surface area contributed by atoms with Crippen molar-refractivity contribution in [2.45, 2.75) is 26.2 Å². The Morgan fingerprint density at radius 1 is 1.19 bits per heavy atom. The van der Waals surface area contributed by atoms with E-state index in [-0.39, 0.29) is 22.9 Å². The number of carboxylic acid groups (broad SMARTS) is 1. The largest absolute Gasteiger partial charge is 0.481 e. The van der Waals surface area contributed by atoms with Gasteiger partial charge < -0.3 is 14.6 Å². The Hall–Kier alpha value is -2.05. The SMILES string of the molecule is CCC(C)c1ccc(OCC(=O)Oc2ccc(Cl)cc2C(=O)O)c(Br)c1. The highest BCUT2D eigenvalue weighted by atomic mass is 79.9. The summed E-state index contributed by atoms with van der Waals surface area (Å²) in [7, 11) is 0. The van der Waals surface area contributed by atoms with Gasteiger partial charge in [0.2, 0.25) is 0 Å². The first-order valence-corrected chi connectivity index (χ1v) is 9.14. The summed E-state index contributed by atoms with van der Waals surface area (Å²) in [6.45, 7) is 3.88. The maximum Gasteiger partial charge on any atom is 0.349 e. The summed E-state index contributed by atoms with van der Waals surface area (Å²) in [6, 6.07) is 9.68. The number of carbonyl (C=O) groups is 2. The number of ether oxygens (including phenoxy) is 2. The molecule has 26 heavy (non-hydrogen) atoms. The molecule has 0 saturated heterocycles. The second-order valence-corrected chi connectivity index (χ2v) is 7.00. The van der Waals surface area contributed by atoms with Crippen LogP contribution in [0.25, 0.3) is 0 Å². The van der Waals surface area contributed by atoms with Crippen molar-refractivity contribution in [3.05, 3.63) is 57.0 Å². The maximum atomic E-state index is 12.0. The molecule has 138 valence electrons. The first kappa shape index (κ1) is 20.3. The predicted octanol–water partition coefficient (Wildman–Crippen LogP) is 5.30. The molecular weight excluding hydrogens is 424 g/mol. The van der Waals surface area contributed by atoms with Crippen LogP contribution >= 0.6 is 27.5 Å². The second-order valence-electron chi connectivity index (χ2n) is 5.71. The summed E-state index contributed by atoms with van der Waals surface area (Å²) in [4.78, 5) is 23.2. The number of halogens is 2. The number of aromatic carboxylic acids is 1. The molecule has 1 atom stereocenters. The fourth-order valence-corrected chi connectivity index (χ4v) is 2.91. The molecular formula is C19H18BrClO5. The predicted molar refractivity (Wildman–Crippen MR) is 102 cm³/mol. The van der Waals surface area contributed by atoms with E-state index in [1.807, 2.05) is 12.1 Å². The number of esters is 1. The van der Waals surface area contributed by atoms with Gasteiger partial charge in [0, 0.05) is 5.02 Å². The molecule has 0 amide bonds. The zero-order chi connectivity index (χ0) is 19.3. The van der Waals surface area contributed by atoms with E-state index in [1.54, 1.807) is 6.07 Å². The Balaban J connectivity index is 2.03. The summed E-state index contributed by atoms with van der Waals surface area (Å²) in [5, 5.41) is 9.39. The first-order chi connectivity index (χ1) is 12.3. The van der Waals surface area contributed by atoms with Crippen molar-refractivity contribution in [1.82, 2.24) is 0 Å². The van der Waals surface area contributed by atoms with Crippen LogP contribution in [-0.2, 0) is 4.79 Å². The van der Waals surface area contributed by atoms with Crippen molar-refractivity contribution in [3.8, 4) is 11.5 Å². The van der Waals surface area contributed by atoms with E-state index in [1.165, 1.54) is 23.8 Å². The molecule has 2 aromatic carbocycles. The normalized spacial score (nSPS) is 11.7. The van der Waals surface area contributed by atoms with Crippen LogP contribution in [0.1, 0.15) is 42.1 Å². The third-order valence-corrected chi connectivity index (χ3v) is 4.73. The van der Waals surface area contributed by atoms with Gasteiger partial charge in [-0.05, 0) is 64.2 Å². The summed E-state index contributed by atoms with van der Waals surface area (Å²) < 4.78 is 11.3. The van der Waals surface area contributed by atoms with E-state index >= 15 is 0 Å². The minimum absolute atomic E-state index is 0.0818. The Morgan fingerprint density at radius 2 is 1.88 bits per heavy atom. The zero-order valence-electron chi connectivity index (χ0n) is 14.3. The Kier molecular flexibility index (Phi) is 7.06. The highest BCUT2D eigenvalue weighted by Gasteiger charge is 2.16. The summed E-state index contributed by atoms with van der Waals surface area (Å²) >= 11 is 9.20. The Bertz CT molecular complexity index is 822. The summed E-state index contributed by atoms with van der Waals surface area (Å²) in [6.07, 6.45) is 1.02. The molecule has 0 spiro atoms. The highest BCUT2D eigenvalue weighted by Crippen LogP contribution is 2.30. The molecule has 0 aliphatic rings. The average Bonchev–Trinajstić information content (AvgIpc) is 2.61. The quantitative estimate of drug-likeness (QED) is 0.466. The molecule has 0 saturated carbocycles. The molecule has 2 rings (SSSR count). The minimum atomic E-state index is -1.24. The van der Waals surface area contributed by atoms with Gasteiger partial charge in [0.25, 0.3) is 0 Å². The van der Waals surface area contributed by atoms with Crippen LogP contribution in [0, 0.1) is 0 Å². The van der Waals surface area contributed by atoms with Crippen molar-refractivity contribution < 1.29 is 24.2 Å². The van der Waals surface area contributed by atoms with Gasteiger partial charge in [-0.25, -0.2) is 9.59 Å². The van der Waals surface area contributed by atoms with Crippen LogP contribution in [0.15, 0.2) is 40.9 Å². The number of carbonyl (C=O) groups excluding carboxylic acids is 1. The van der Waals surface area contributed by atoms with E-state index in [0.717, 1.165) is 10.9 Å². The molecule has 7 heteroatoms. The molecule has 0 fully saturated rings. The maximum absolute atomic E-state index is 12.0. The molecule has 0 radical (unpaired) electrons. The van der Waals surface area contributed by atoms with Crippen molar-refractivity contribution in [2.75, 3.05) is 6.61 Å². The smallest absolute Gasteiger partial charge is 0.349 e. The molecule has 2 aromatic rings. The molecule has 0 aliphatic carbocycles. The first-order valence-electron chi connectivity index (χ1n) is 7.97. The molecule has 0 aromatic heterocycles. The lowest BCUT2D eigenvalue weighted by molar-refractivity contribution is -0.136. The van der Waals surface area contributed by atoms with E-state index in [2.05, 4.69) is 29.8 Å². The third-order valence-electron chi connectivity index (χ3n) is 3.88. The average molecular weight is 442 g/mol. The Morgan fingerprint density at radius 3 is 2.50 bits per heavy atom. The van der Waals surface area contributed by atoms with Gasteiger partial charge in [0.05, 0.1) is 4.47 Å². The van der Waals surface area contributed by atoms with E-state index in [0.29, 0.717) is 11.7 Å². The standard InChI is InChI=1S/C19H18BrClO5/c1-3-11(2)12-4-6-17(15(20)8-12)25-10-18(22)26-16-7-5-13(21)9-14(16)19(23)24/h4-9,11H,3,10H2,1-2H3,(H,23,24). The highest BCUT2D eigenvalue weighted by molar-refractivity contribution is 9.10. The van der Waals surface area contributed by atoms with E-state index in [9.17, 15) is 9.59 Å². The van der Waals surface area contributed by atoms with Gasteiger partial charge in [-0.1, -0.05) is 31.5 Å². The number of carboxylic acids is 1. The zero-order valence-corrected chi connectivity index (χ0v) is 16.6. The van der Waals surface area contributed by atoms with Gasteiger partial charge >= 0.3 is 11.9 Å². The lowest BCUT2D eigenvalue weighted by Crippen LogP contribution is -2.19. The molecule has 5 nitrogen and oxygen atoms in total. The number of rotatable bonds is 7. The number of hydrogen-bond acceptors (Lipinski definition) is 4. The van der Waals surface area contributed by atoms with Crippen LogP contribution in [0.2, 0.25) is 5.02 Å². The van der Waals surface area contributed by atoms with E-state index in [4.69, 9.17) is 26.2 Å². The summed E-state index contributed by atoms with van der Waals surface area (Å²) in [5.74, 6) is -1.11. The van der Waals surface area contributed by atoms with E-state index < -0.39 is 11.9 Å². The topological polar surface area (TPSA) is 72.8 Å². The molecule has 0 aliphatic heterocycles. The number of benzene rings is 2. The van der Waals surface area contributed by atoms with Crippen LogP contribution in [0.3, 0.4) is 0 Å². The van der Waals surface area contributed by atoms with Gasteiger partial charge in [-0.3, -0.25) is 0 Å². The monoisotopic (exact) mass is 440 g/mol.